The molecule has 4 N–H and O–H groups in total. The third-order valence-corrected chi connectivity index (χ3v) is 5.89. The fourth-order valence-corrected chi connectivity index (χ4v) is 4.16. The lowest BCUT2D eigenvalue weighted by Gasteiger charge is -2.13. The van der Waals surface area contributed by atoms with E-state index in [4.69, 9.17) is 0 Å². The average molecular weight is 491 g/mol. The monoisotopic (exact) mass is 491 g/mol. The van der Waals surface area contributed by atoms with Gasteiger partial charge in [0.2, 0.25) is 5.75 Å². The molecule has 0 atom stereocenters. The molecule has 11 heteroatoms. The van der Waals surface area contributed by atoms with Crippen molar-refractivity contribution >= 4 is 34.9 Å². The summed E-state index contributed by atoms with van der Waals surface area (Å²) in [5, 5.41) is 33.8. The van der Waals surface area contributed by atoms with E-state index in [0.717, 1.165) is 18.4 Å². The number of carbonyl (C=O) groups is 3. The minimum atomic E-state index is -1.12. The van der Waals surface area contributed by atoms with Gasteiger partial charge in [0.05, 0.1) is 23.2 Å². The first-order chi connectivity index (χ1) is 16.8. The number of aromatic nitrogens is 2. The van der Waals surface area contributed by atoms with Crippen molar-refractivity contribution in [3.63, 3.8) is 0 Å². The molecule has 2 heterocycles. The number of benzene rings is 2. The third-order valence-electron chi connectivity index (χ3n) is 4.98. The van der Waals surface area contributed by atoms with E-state index in [0.29, 0.717) is 16.0 Å². The molecular formula is C24H17N3O7S. The molecule has 0 aliphatic heterocycles. The highest BCUT2D eigenvalue weighted by Crippen LogP contribution is 2.36. The van der Waals surface area contributed by atoms with Crippen LogP contribution in [0.4, 0.5) is 5.69 Å². The summed E-state index contributed by atoms with van der Waals surface area (Å²) in [4.78, 5) is 45.0. The molecule has 10 nitrogen and oxygen atoms in total. The van der Waals surface area contributed by atoms with E-state index in [9.17, 15) is 29.7 Å². The highest BCUT2D eigenvalue weighted by molar-refractivity contribution is 7.14. The van der Waals surface area contributed by atoms with E-state index in [-0.39, 0.29) is 22.6 Å². The molecule has 4 rings (SSSR count). The normalized spacial score (nSPS) is 10.5. The van der Waals surface area contributed by atoms with Crippen LogP contribution in [0.3, 0.4) is 0 Å². The van der Waals surface area contributed by atoms with Gasteiger partial charge in [-0.05, 0) is 34.7 Å². The Morgan fingerprint density at radius 1 is 0.914 bits per heavy atom. The lowest BCUT2D eigenvalue weighted by Crippen LogP contribution is -2.14. The summed E-state index contributed by atoms with van der Waals surface area (Å²) in [5.74, 6) is -4.39. The maximum atomic E-state index is 13.3. The van der Waals surface area contributed by atoms with Crippen LogP contribution in [0.25, 0.3) is 21.8 Å². The van der Waals surface area contributed by atoms with Gasteiger partial charge in [0, 0.05) is 5.56 Å². The number of rotatable bonds is 6. The van der Waals surface area contributed by atoms with Crippen molar-refractivity contribution in [2.45, 2.75) is 0 Å². The Morgan fingerprint density at radius 2 is 1.54 bits per heavy atom. The maximum absolute atomic E-state index is 13.3. The molecule has 0 unspecified atom stereocenters. The lowest BCUT2D eigenvalue weighted by atomic mass is 9.95. The van der Waals surface area contributed by atoms with E-state index < -0.39 is 35.2 Å². The first-order valence-corrected chi connectivity index (χ1v) is 10.9. The van der Waals surface area contributed by atoms with Crippen molar-refractivity contribution in [3.05, 3.63) is 76.8 Å². The highest BCUT2D eigenvalue weighted by atomic mass is 32.1. The second-order valence-corrected chi connectivity index (χ2v) is 7.99. The van der Waals surface area contributed by atoms with Gasteiger partial charge in [0.25, 0.3) is 11.8 Å². The van der Waals surface area contributed by atoms with Crippen LogP contribution in [0, 0.1) is 0 Å². The molecule has 176 valence electrons. The molecule has 0 fully saturated rings. The van der Waals surface area contributed by atoms with Crippen molar-refractivity contribution in [1.82, 2.24) is 9.97 Å². The average Bonchev–Trinajstić information content (AvgIpc) is 3.33. The van der Waals surface area contributed by atoms with Crippen LogP contribution in [0.1, 0.15) is 31.2 Å². The quantitative estimate of drug-likeness (QED) is 0.292. The van der Waals surface area contributed by atoms with E-state index in [1.807, 2.05) is 0 Å². The number of amides is 1. The number of carboxylic acid groups (broad SMARTS) is 1. The fraction of sp³-hybridized carbons (Fsp3) is 0.0417. The molecule has 0 aliphatic rings. The number of carbonyl (C=O) groups excluding carboxylic acids is 2. The number of thiophene rings is 1. The Labute approximate surface area is 202 Å². The third kappa shape index (κ3) is 4.52. The van der Waals surface area contributed by atoms with Crippen molar-refractivity contribution in [1.29, 1.82) is 0 Å². The smallest absolute Gasteiger partial charge is 0.360 e. The number of hydrogen-bond acceptors (Lipinski definition) is 9. The summed E-state index contributed by atoms with van der Waals surface area (Å²) >= 11 is 1.13. The molecule has 0 saturated heterocycles. The standard InChI is InChI=1S/C24H17N3O7S/c1-34-24(33)17-18(28)22(30)27-20(26-17)19-16(10-11-35-19)25-21(29)14-8-4-2-6-12(14)13-7-3-5-9-15(13)23(31)32/h2-11,28H,1H3,(H,25,29)(H,31,32)(H,26,27,30). The summed E-state index contributed by atoms with van der Waals surface area (Å²) in [6.07, 6.45) is 0. The van der Waals surface area contributed by atoms with E-state index >= 15 is 0 Å². The summed E-state index contributed by atoms with van der Waals surface area (Å²) in [6, 6.07) is 14.5. The number of esters is 1. The first-order valence-electron chi connectivity index (χ1n) is 10.0. The highest BCUT2D eigenvalue weighted by Gasteiger charge is 2.24. The Morgan fingerprint density at radius 3 is 2.20 bits per heavy atom. The van der Waals surface area contributed by atoms with Crippen molar-refractivity contribution < 1.29 is 34.4 Å². The van der Waals surface area contributed by atoms with Gasteiger partial charge in [-0.25, -0.2) is 14.6 Å². The molecule has 0 spiro atoms. The number of ether oxygens (including phenoxy) is 1. The van der Waals surface area contributed by atoms with Crippen molar-refractivity contribution in [3.8, 4) is 33.5 Å². The number of methoxy groups -OCH3 is 1. The van der Waals surface area contributed by atoms with Gasteiger partial charge in [0.1, 0.15) is 0 Å². The minimum Gasteiger partial charge on any atom is -0.501 e. The van der Waals surface area contributed by atoms with Gasteiger partial charge in [-0.15, -0.1) is 11.3 Å². The van der Waals surface area contributed by atoms with E-state index in [2.05, 4.69) is 20.0 Å². The minimum absolute atomic E-state index is 0.0484. The number of nitrogens with one attached hydrogen (secondary N) is 1. The Bertz CT molecular complexity index is 1470. The second-order valence-electron chi connectivity index (χ2n) is 7.07. The van der Waals surface area contributed by atoms with Crippen LogP contribution in [-0.2, 0) is 4.74 Å². The summed E-state index contributed by atoms with van der Waals surface area (Å²) in [6.45, 7) is 0. The number of hydrogen-bond donors (Lipinski definition) is 4. The van der Waals surface area contributed by atoms with Gasteiger partial charge in [0.15, 0.2) is 11.5 Å². The second kappa shape index (κ2) is 9.61. The topological polar surface area (TPSA) is 159 Å². The van der Waals surface area contributed by atoms with Gasteiger partial charge in [-0.3, -0.25) is 4.79 Å². The number of nitrogens with zero attached hydrogens (tertiary/aromatic N) is 2. The van der Waals surface area contributed by atoms with Crippen LogP contribution in [-0.4, -0.2) is 50.2 Å². The Hall–Kier alpha value is -4.77. The predicted octanol–water partition coefficient (Wildman–Crippen LogP) is 4.02. The Kier molecular flexibility index (Phi) is 6.42. The largest absolute Gasteiger partial charge is 0.501 e. The molecule has 4 aromatic rings. The summed E-state index contributed by atoms with van der Waals surface area (Å²) in [5.41, 5.74) is 0.825. The van der Waals surface area contributed by atoms with E-state index in [1.54, 1.807) is 53.9 Å². The Balaban J connectivity index is 1.72. The molecule has 0 aliphatic carbocycles. The molecule has 2 aromatic carbocycles. The van der Waals surface area contributed by atoms with Crippen LogP contribution in [0.15, 0.2) is 60.0 Å². The van der Waals surface area contributed by atoms with Gasteiger partial charge < -0.3 is 25.4 Å². The zero-order valence-electron chi connectivity index (χ0n) is 18.1. The fourth-order valence-electron chi connectivity index (χ4n) is 3.37. The van der Waals surface area contributed by atoms with Crippen LogP contribution in [0.2, 0.25) is 0 Å². The number of anilines is 1. The molecule has 35 heavy (non-hydrogen) atoms. The van der Waals surface area contributed by atoms with Gasteiger partial charge >= 0.3 is 11.9 Å². The maximum Gasteiger partial charge on any atom is 0.360 e. The first kappa shape index (κ1) is 23.4. The SMILES string of the molecule is COC(=O)c1nc(-c2sccc2NC(=O)c2ccccc2-c2ccccc2C(=O)O)nc(O)c1O. The van der Waals surface area contributed by atoms with E-state index in [1.165, 1.54) is 6.07 Å². The van der Waals surface area contributed by atoms with Crippen molar-refractivity contribution in [2.24, 2.45) is 0 Å². The van der Waals surface area contributed by atoms with Crippen LogP contribution >= 0.6 is 11.3 Å². The number of aromatic hydroxyl groups is 2. The predicted molar refractivity (Wildman–Crippen MR) is 127 cm³/mol. The summed E-state index contributed by atoms with van der Waals surface area (Å²) in [7, 11) is 1.09. The molecule has 0 bridgehead atoms. The van der Waals surface area contributed by atoms with Gasteiger partial charge in [-0.1, -0.05) is 36.4 Å². The summed E-state index contributed by atoms with van der Waals surface area (Å²) < 4.78 is 4.57. The molecule has 2 aromatic heterocycles. The zero-order chi connectivity index (χ0) is 25.1. The number of carboxylic acids is 1. The van der Waals surface area contributed by atoms with Gasteiger partial charge in [-0.2, -0.15) is 4.98 Å². The molecule has 0 saturated carbocycles. The molecule has 1 amide bonds. The lowest BCUT2D eigenvalue weighted by molar-refractivity contribution is 0.0588. The molecular weight excluding hydrogens is 474 g/mol. The van der Waals surface area contributed by atoms with Crippen LogP contribution in [0.5, 0.6) is 11.6 Å². The van der Waals surface area contributed by atoms with Crippen LogP contribution < -0.4 is 5.32 Å². The zero-order valence-corrected chi connectivity index (χ0v) is 18.9. The van der Waals surface area contributed by atoms with Crippen molar-refractivity contribution in [2.75, 3.05) is 12.4 Å². The number of aromatic carboxylic acids is 1. The molecule has 0 radical (unpaired) electrons.